The Morgan fingerprint density at radius 3 is 2.37 bits per heavy atom. The van der Waals surface area contributed by atoms with Gasteiger partial charge in [0.05, 0.1) is 6.54 Å². The highest BCUT2D eigenvalue weighted by Crippen LogP contribution is 2.15. The minimum Gasteiger partial charge on any atom is -0.357 e. The molecule has 160 valence electrons. The van der Waals surface area contributed by atoms with E-state index in [0.29, 0.717) is 12.5 Å². The van der Waals surface area contributed by atoms with Crippen molar-refractivity contribution < 1.29 is 4.79 Å². The summed E-state index contributed by atoms with van der Waals surface area (Å²) >= 11 is 0. The predicted octanol–water partition coefficient (Wildman–Crippen LogP) is 4.17. The quantitative estimate of drug-likeness (QED) is 0.536. The van der Waals surface area contributed by atoms with Gasteiger partial charge in [0.25, 0.3) is 5.91 Å². The standard InChI is InChI=1S/C25H34N4O/c1-3-26-25(27-18-20(2)22-10-6-4-7-11-22)28-19-21-12-14-23(15-13-21)24(30)29-16-8-5-9-17-29/h4,6-7,10-15,20H,3,5,8-9,16-19H2,1-2H3,(H2,26,27,28). The summed E-state index contributed by atoms with van der Waals surface area (Å²) in [5.74, 6) is 1.36. The van der Waals surface area contributed by atoms with Gasteiger partial charge >= 0.3 is 0 Å². The second-order valence-electron chi connectivity index (χ2n) is 7.94. The molecule has 1 heterocycles. The normalized spacial score (nSPS) is 15.5. The maximum absolute atomic E-state index is 12.6. The lowest BCUT2D eigenvalue weighted by Gasteiger charge is -2.26. The van der Waals surface area contributed by atoms with E-state index >= 15 is 0 Å². The van der Waals surface area contributed by atoms with Crippen molar-refractivity contribution in [3.63, 3.8) is 0 Å². The van der Waals surface area contributed by atoms with Gasteiger partial charge in [-0.15, -0.1) is 0 Å². The van der Waals surface area contributed by atoms with Gasteiger partial charge in [-0.05, 0) is 55.4 Å². The van der Waals surface area contributed by atoms with E-state index in [1.54, 1.807) is 0 Å². The third-order valence-electron chi connectivity index (χ3n) is 5.55. The van der Waals surface area contributed by atoms with Crippen LogP contribution in [0.4, 0.5) is 0 Å². The first-order chi connectivity index (χ1) is 14.7. The topological polar surface area (TPSA) is 56.7 Å². The first kappa shape index (κ1) is 21.9. The Bertz CT molecular complexity index is 811. The second-order valence-corrected chi connectivity index (χ2v) is 7.94. The molecule has 0 radical (unpaired) electrons. The number of carbonyl (C=O) groups excluding carboxylic acids is 1. The van der Waals surface area contributed by atoms with Crippen LogP contribution >= 0.6 is 0 Å². The Hall–Kier alpha value is -2.82. The van der Waals surface area contributed by atoms with E-state index in [-0.39, 0.29) is 5.91 Å². The van der Waals surface area contributed by atoms with Gasteiger partial charge in [-0.1, -0.05) is 49.4 Å². The summed E-state index contributed by atoms with van der Waals surface area (Å²) in [5, 5.41) is 6.75. The molecule has 1 aliphatic rings. The summed E-state index contributed by atoms with van der Waals surface area (Å²) in [6.07, 6.45) is 3.45. The number of likely N-dealkylation sites (tertiary alicyclic amines) is 1. The average Bonchev–Trinajstić information content (AvgIpc) is 2.81. The van der Waals surface area contributed by atoms with Gasteiger partial charge in [-0.3, -0.25) is 4.79 Å². The molecule has 0 saturated carbocycles. The Morgan fingerprint density at radius 1 is 1.00 bits per heavy atom. The fraction of sp³-hybridized carbons (Fsp3) is 0.440. The molecule has 30 heavy (non-hydrogen) atoms. The summed E-state index contributed by atoms with van der Waals surface area (Å²) in [6.45, 7) is 8.25. The van der Waals surface area contributed by atoms with Crippen molar-refractivity contribution in [1.29, 1.82) is 0 Å². The fourth-order valence-corrected chi connectivity index (χ4v) is 3.69. The second kappa shape index (κ2) is 11.4. The van der Waals surface area contributed by atoms with Gasteiger partial charge in [0, 0.05) is 31.7 Å². The molecule has 0 bridgehead atoms. The zero-order chi connectivity index (χ0) is 21.2. The van der Waals surface area contributed by atoms with Crippen LogP contribution in [0.3, 0.4) is 0 Å². The summed E-state index contributed by atoms with van der Waals surface area (Å²) in [6, 6.07) is 18.4. The van der Waals surface area contributed by atoms with Crippen LogP contribution in [0.5, 0.6) is 0 Å². The van der Waals surface area contributed by atoms with Crippen molar-refractivity contribution in [3.05, 3.63) is 71.3 Å². The van der Waals surface area contributed by atoms with Crippen molar-refractivity contribution in [2.24, 2.45) is 4.99 Å². The number of amides is 1. The molecule has 3 rings (SSSR count). The molecule has 0 spiro atoms. The molecular formula is C25H34N4O. The maximum atomic E-state index is 12.6. The zero-order valence-corrected chi connectivity index (χ0v) is 18.2. The lowest BCUT2D eigenvalue weighted by Crippen LogP contribution is -2.39. The van der Waals surface area contributed by atoms with E-state index < -0.39 is 0 Å². The molecule has 1 saturated heterocycles. The molecule has 0 aliphatic carbocycles. The van der Waals surface area contributed by atoms with Crippen molar-refractivity contribution in [2.75, 3.05) is 26.2 Å². The number of nitrogens with one attached hydrogen (secondary N) is 2. The van der Waals surface area contributed by atoms with Gasteiger partial charge in [0.15, 0.2) is 5.96 Å². The highest BCUT2D eigenvalue weighted by Gasteiger charge is 2.17. The molecule has 0 aromatic heterocycles. The van der Waals surface area contributed by atoms with Gasteiger partial charge in [-0.2, -0.15) is 0 Å². The number of benzene rings is 2. The minimum absolute atomic E-state index is 0.148. The van der Waals surface area contributed by atoms with Crippen LogP contribution in [-0.2, 0) is 6.54 Å². The summed E-state index contributed by atoms with van der Waals surface area (Å²) in [7, 11) is 0. The number of aliphatic imine (C=N–C) groups is 1. The Kier molecular flexibility index (Phi) is 8.30. The molecule has 2 aromatic carbocycles. The molecular weight excluding hydrogens is 372 g/mol. The van der Waals surface area contributed by atoms with Crippen LogP contribution in [0, 0.1) is 0 Å². The molecule has 2 aromatic rings. The highest BCUT2D eigenvalue weighted by atomic mass is 16.2. The van der Waals surface area contributed by atoms with Crippen LogP contribution in [0.15, 0.2) is 59.6 Å². The number of hydrogen-bond donors (Lipinski definition) is 2. The predicted molar refractivity (Wildman–Crippen MR) is 124 cm³/mol. The number of rotatable bonds is 7. The molecule has 2 N–H and O–H groups in total. The lowest BCUT2D eigenvalue weighted by atomic mass is 10.0. The first-order valence-electron chi connectivity index (χ1n) is 11.1. The lowest BCUT2D eigenvalue weighted by molar-refractivity contribution is 0.0724. The van der Waals surface area contributed by atoms with Crippen LogP contribution < -0.4 is 10.6 Å². The first-order valence-corrected chi connectivity index (χ1v) is 11.1. The van der Waals surface area contributed by atoms with Gasteiger partial charge < -0.3 is 15.5 Å². The molecule has 1 atom stereocenters. The molecule has 1 amide bonds. The van der Waals surface area contributed by atoms with Crippen LogP contribution in [0.2, 0.25) is 0 Å². The van der Waals surface area contributed by atoms with Gasteiger partial charge in [0.1, 0.15) is 0 Å². The largest absolute Gasteiger partial charge is 0.357 e. The Balaban J connectivity index is 1.55. The van der Waals surface area contributed by atoms with E-state index in [1.165, 1.54) is 12.0 Å². The third kappa shape index (κ3) is 6.34. The monoisotopic (exact) mass is 406 g/mol. The van der Waals surface area contributed by atoms with Crippen LogP contribution in [0.1, 0.15) is 60.5 Å². The smallest absolute Gasteiger partial charge is 0.253 e. The molecule has 5 nitrogen and oxygen atoms in total. The summed E-state index contributed by atoms with van der Waals surface area (Å²) < 4.78 is 0. The van der Waals surface area contributed by atoms with Gasteiger partial charge in [-0.25, -0.2) is 4.99 Å². The van der Waals surface area contributed by atoms with Crippen LogP contribution in [0.25, 0.3) is 0 Å². The van der Waals surface area contributed by atoms with Crippen LogP contribution in [-0.4, -0.2) is 42.9 Å². The van der Waals surface area contributed by atoms with Crippen molar-refractivity contribution in [3.8, 4) is 0 Å². The number of hydrogen-bond acceptors (Lipinski definition) is 2. The maximum Gasteiger partial charge on any atom is 0.253 e. The molecule has 5 heteroatoms. The zero-order valence-electron chi connectivity index (χ0n) is 18.2. The fourth-order valence-electron chi connectivity index (χ4n) is 3.69. The Labute approximate surface area is 180 Å². The van der Waals surface area contributed by atoms with E-state index in [1.807, 2.05) is 35.2 Å². The third-order valence-corrected chi connectivity index (χ3v) is 5.55. The SMILES string of the molecule is CCNC(=NCc1ccc(C(=O)N2CCCCC2)cc1)NCC(C)c1ccccc1. The van der Waals surface area contributed by atoms with Crippen molar-refractivity contribution >= 4 is 11.9 Å². The van der Waals surface area contributed by atoms with Crippen molar-refractivity contribution in [1.82, 2.24) is 15.5 Å². The number of guanidine groups is 1. The molecule has 1 aliphatic heterocycles. The van der Waals surface area contributed by atoms with E-state index in [2.05, 4.69) is 48.7 Å². The average molecular weight is 407 g/mol. The highest BCUT2D eigenvalue weighted by molar-refractivity contribution is 5.94. The van der Waals surface area contributed by atoms with E-state index in [0.717, 1.165) is 56.1 Å². The summed E-state index contributed by atoms with van der Waals surface area (Å²) in [5.41, 5.74) is 3.18. The molecule has 1 fully saturated rings. The summed E-state index contributed by atoms with van der Waals surface area (Å²) in [4.78, 5) is 19.3. The van der Waals surface area contributed by atoms with Crippen molar-refractivity contribution in [2.45, 2.75) is 45.6 Å². The van der Waals surface area contributed by atoms with E-state index in [9.17, 15) is 4.79 Å². The minimum atomic E-state index is 0.148. The Morgan fingerprint density at radius 2 is 1.70 bits per heavy atom. The number of nitrogens with zero attached hydrogens (tertiary/aromatic N) is 2. The van der Waals surface area contributed by atoms with Gasteiger partial charge in [0.2, 0.25) is 0 Å². The van der Waals surface area contributed by atoms with E-state index in [4.69, 9.17) is 4.99 Å². The molecule has 1 unspecified atom stereocenters. The number of carbonyl (C=O) groups is 1. The number of piperidine rings is 1.